The van der Waals surface area contributed by atoms with E-state index in [1.807, 2.05) is 0 Å². The Hall–Kier alpha value is -0.660. The minimum atomic E-state index is -2.89. The maximum absolute atomic E-state index is 13.0. The molecule has 0 spiro atoms. The normalized spacial score (nSPS) is 10.5. The molecule has 13 heavy (non-hydrogen) atoms. The van der Waals surface area contributed by atoms with Crippen molar-refractivity contribution in [2.24, 2.45) is 0 Å². The van der Waals surface area contributed by atoms with E-state index >= 15 is 0 Å². The zero-order valence-corrected chi connectivity index (χ0v) is 8.26. The van der Waals surface area contributed by atoms with Gasteiger partial charge in [0, 0.05) is 11.8 Å². The van der Waals surface area contributed by atoms with Gasteiger partial charge in [-0.25, -0.2) is 18.2 Å². The zero-order valence-electron chi connectivity index (χ0n) is 6.10. The van der Waals surface area contributed by atoms with Gasteiger partial charge < -0.3 is 0 Å². The van der Waals surface area contributed by atoms with E-state index in [0.29, 0.717) is 0 Å². The summed E-state index contributed by atoms with van der Waals surface area (Å²) in [5, 5.41) is 0. The first-order valence-corrected chi connectivity index (χ1v) is 4.23. The van der Waals surface area contributed by atoms with Crippen LogP contribution in [0.5, 0.6) is 0 Å². The number of hydrogen-bond donors (Lipinski definition) is 0. The van der Waals surface area contributed by atoms with Gasteiger partial charge in [0.05, 0.1) is 5.56 Å². The Balaban J connectivity index is 3.38. The zero-order chi connectivity index (χ0) is 10.0. The molecule has 1 heterocycles. The molecular formula is C7H3F3INO. The molecule has 1 aromatic rings. The minimum Gasteiger partial charge on any atom is -0.298 e. The predicted molar refractivity (Wildman–Crippen MR) is 47.3 cm³/mol. The SMILES string of the molecule is O=Cc1c(C(F)F)cnc(I)c1F. The van der Waals surface area contributed by atoms with Crippen molar-refractivity contribution in [3.8, 4) is 0 Å². The highest BCUT2D eigenvalue weighted by molar-refractivity contribution is 14.1. The maximum Gasteiger partial charge on any atom is 0.266 e. The topological polar surface area (TPSA) is 30.0 Å². The third kappa shape index (κ3) is 1.98. The van der Waals surface area contributed by atoms with E-state index in [2.05, 4.69) is 4.98 Å². The molecule has 1 rings (SSSR count). The molecule has 70 valence electrons. The van der Waals surface area contributed by atoms with Crippen LogP contribution >= 0.6 is 22.6 Å². The lowest BCUT2D eigenvalue weighted by Gasteiger charge is -2.04. The van der Waals surface area contributed by atoms with Crippen LogP contribution in [0.4, 0.5) is 13.2 Å². The first-order valence-electron chi connectivity index (χ1n) is 3.15. The van der Waals surface area contributed by atoms with Crippen LogP contribution in [-0.2, 0) is 0 Å². The van der Waals surface area contributed by atoms with Crippen molar-refractivity contribution in [2.75, 3.05) is 0 Å². The number of halogens is 4. The summed E-state index contributed by atoms with van der Waals surface area (Å²) >= 11 is 1.52. The first kappa shape index (κ1) is 10.4. The average Bonchev–Trinajstić information content (AvgIpc) is 2.09. The van der Waals surface area contributed by atoms with E-state index in [4.69, 9.17) is 0 Å². The van der Waals surface area contributed by atoms with Crippen molar-refractivity contribution in [1.29, 1.82) is 0 Å². The summed E-state index contributed by atoms with van der Waals surface area (Å²) in [6, 6.07) is 0. The summed E-state index contributed by atoms with van der Waals surface area (Å²) in [6.07, 6.45) is -2.01. The molecule has 0 saturated heterocycles. The quantitative estimate of drug-likeness (QED) is 0.477. The molecule has 0 N–H and O–H groups in total. The molecule has 0 unspecified atom stereocenters. The fourth-order valence-corrected chi connectivity index (χ4v) is 1.21. The number of hydrogen-bond acceptors (Lipinski definition) is 2. The number of carbonyl (C=O) groups is 1. The Morgan fingerprint density at radius 1 is 1.54 bits per heavy atom. The van der Waals surface area contributed by atoms with Gasteiger partial charge in [-0.3, -0.25) is 4.79 Å². The van der Waals surface area contributed by atoms with Crippen molar-refractivity contribution >= 4 is 28.9 Å². The smallest absolute Gasteiger partial charge is 0.266 e. The second kappa shape index (κ2) is 4.03. The van der Waals surface area contributed by atoms with Crippen LogP contribution in [0.3, 0.4) is 0 Å². The van der Waals surface area contributed by atoms with Crippen molar-refractivity contribution in [1.82, 2.24) is 4.98 Å². The van der Waals surface area contributed by atoms with E-state index in [1.54, 1.807) is 0 Å². The lowest BCUT2D eigenvalue weighted by Crippen LogP contribution is -2.02. The van der Waals surface area contributed by atoms with Gasteiger partial charge in [0.2, 0.25) is 0 Å². The molecule has 0 aliphatic heterocycles. The van der Waals surface area contributed by atoms with Crippen molar-refractivity contribution in [2.45, 2.75) is 6.43 Å². The Labute approximate surface area is 85.3 Å². The van der Waals surface area contributed by atoms with Crippen LogP contribution in [0.15, 0.2) is 6.20 Å². The number of carbonyl (C=O) groups excluding carboxylic acids is 1. The highest BCUT2D eigenvalue weighted by atomic mass is 127. The predicted octanol–water partition coefficient (Wildman–Crippen LogP) is 2.58. The highest BCUT2D eigenvalue weighted by Gasteiger charge is 2.18. The molecule has 2 nitrogen and oxygen atoms in total. The maximum atomic E-state index is 13.0. The minimum absolute atomic E-state index is 0.0701. The van der Waals surface area contributed by atoms with Crippen LogP contribution in [0, 0.1) is 9.52 Å². The van der Waals surface area contributed by atoms with Gasteiger partial charge in [0.25, 0.3) is 6.43 Å². The molecule has 0 aliphatic rings. The van der Waals surface area contributed by atoms with Crippen molar-refractivity contribution in [3.63, 3.8) is 0 Å². The summed E-state index contributed by atoms with van der Waals surface area (Å²) in [5.74, 6) is -0.992. The molecule has 0 bridgehead atoms. The Morgan fingerprint density at radius 3 is 2.62 bits per heavy atom. The van der Waals surface area contributed by atoms with Crippen LogP contribution in [0.1, 0.15) is 22.3 Å². The van der Waals surface area contributed by atoms with Gasteiger partial charge in [0.15, 0.2) is 12.1 Å². The Morgan fingerprint density at radius 2 is 2.15 bits per heavy atom. The fourth-order valence-electron chi connectivity index (χ4n) is 0.784. The molecule has 0 fully saturated rings. The lowest BCUT2D eigenvalue weighted by molar-refractivity contribution is 0.110. The van der Waals surface area contributed by atoms with E-state index in [9.17, 15) is 18.0 Å². The van der Waals surface area contributed by atoms with Crippen molar-refractivity contribution < 1.29 is 18.0 Å². The van der Waals surface area contributed by atoms with Crippen molar-refractivity contribution in [3.05, 3.63) is 26.8 Å². The van der Waals surface area contributed by atoms with Crippen LogP contribution in [0.2, 0.25) is 0 Å². The van der Waals surface area contributed by atoms with Gasteiger partial charge in [-0.05, 0) is 22.6 Å². The monoisotopic (exact) mass is 301 g/mol. The molecule has 0 atom stereocenters. The van der Waals surface area contributed by atoms with Crippen LogP contribution in [-0.4, -0.2) is 11.3 Å². The second-order valence-electron chi connectivity index (χ2n) is 2.15. The van der Waals surface area contributed by atoms with E-state index in [-0.39, 0.29) is 9.99 Å². The summed E-state index contributed by atoms with van der Waals surface area (Å²) in [7, 11) is 0. The van der Waals surface area contributed by atoms with E-state index in [1.165, 1.54) is 22.6 Å². The van der Waals surface area contributed by atoms with Gasteiger partial charge in [-0.2, -0.15) is 0 Å². The molecule has 0 aromatic carbocycles. The molecule has 6 heteroatoms. The number of rotatable bonds is 2. The standard InChI is InChI=1S/C7H3F3INO/c8-5-4(2-13)3(6(9)10)1-12-7(5)11/h1-2,6H. The summed E-state index contributed by atoms with van der Waals surface area (Å²) in [5.41, 5.74) is -1.29. The van der Waals surface area contributed by atoms with Gasteiger partial charge in [0.1, 0.15) is 3.70 Å². The Kier molecular flexibility index (Phi) is 3.23. The molecule has 0 radical (unpaired) electrons. The molecule has 0 aliphatic carbocycles. The molecule has 1 aromatic heterocycles. The van der Waals surface area contributed by atoms with Crippen LogP contribution in [0.25, 0.3) is 0 Å². The van der Waals surface area contributed by atoms with Gasteiger partial charge in [-0.15, -0.1) is 0 Å². The number of nitrogens with zero attached hydrogens (tertiary/aromatic N) is 1. The second-order valence-corrected chi connectivity index (χ2v) is 3.17. The first-order chi connectivity index (χ1) is 6.07. The summed E-state index contributed by atoms with van der Waals surface area (Å²) < 4.78 is 37.2. The third-order valence-corrected chi connectivity index (χ3v) is 2.15. The summed E-state index contributed by atoms with van der Waals surface area (Å²) in [4.78, 5) is 13.7. The van der Waals surface area contributed by atoms with E-state index < -0.39 is 23.4 Å². The summed E-state index contributed by atoms with van der Waals surface area (Å²) in [6.45, 7) is 0. The molecule has 0 amide bonds. The van der Waals surface area contributed by atoms with Gasteiger partial charge in [-0.1, -0.05) is 0 Å². The number of aromatic nitrogens is 1. The third-order valence-electron chi connectivity index (χ3n) is 1.40. The number of alkyl halides is 2. The van der Waals surface area contributed by atoms with E-state index in [0.717, 1.165) is 6.20 Å². The average molecular weight is 301 g/mol. The fraction of sp³-hybridized carbons (Fsp3) is 0.143. The highest BCUT2D eigenvalue weighted by Crippen LogP contribution is 2.24. The van der Waals surface area contributed by atoms with Gasteiger partial charge >= 0.3 is 0 Å². The van der Waals surface area contributed by atoms with Crippen LogP contribution < -0.4 is 0 Å². The Bertz CT molecular complexity index is 343. The lowest BCUT2D eigenvalue weighted by atomic mass is 10.1. The number of aldehydes is 1. The largest absolute Gasteiger partial charge is 0.298 e. The molecular weight excluding hydrogens is 298 g/mol. The molecule has 0 saturated carbocycles. The number of pyridine rings is 1.